The topological polar surface area (TPSA) is 69.4 Å². The normalized spacial score (nSPS) is 9.45. The molecule has 2 aromatic rings. The molecule has 0 spiro atoms. The summed E-state index contributed by atoms with van der Waals surface area (Å²) >= 11 is 0. The molecule has 0 aliphatic heterocycles. The second-order valence-corrected chi connectivity index (χ2v) is 4.38. The lowest BCUT2D eigenvalue weighted by atomic mass is 10.0. The predicted octanol–water partition coefficient (Wildman–Crippen LogP) is 4.38. The molecule has 22 heavy (non-hydrogen) atoms. The summed E-state index contributed by atoms with van der Waals surface area (Å²) < 4.78 is 4.62. The molecule has 0 amide bonds. The van der Waals surface area contributed by atoms with E-state index in [1.165, 1.54) is 19.2 Å². The molecule has 5 nitrogen and oxygen atoms in total. The van der Waals surface area contributed by atoms with Crippen molar-refractivity contribution in [1.82, 2.24) is 0 Å². The maximum atomic E-state index is 11.6. The third kappa shape index (κ3) is 4.15. The molecule has 0 aliphatic carbocycles. The quantitative estimate of drug-likeness (QED) is 0.479. The molecule has 0 atom stereocenters. The predicted molar refractivity (Wildman–Crippen MR) is 86.0 cm³/mol. The molecule has 0 bridgehead atoms. The molecular formula is C17H19NO4. The third-order valence-electron chi connectivity index (χ3n) is 2.93. The molecule has 2 rings (SSSR count). The molecular weight excluding hydrogens is 282 g/mol. The maximum absolute atomic E-state index is 11.6. The first-order chi connectivity index (χ1) is 10.5. The Morgan fingerprint density at radius 1 is 1.05 bits per heavy atom. The van der Waals surface area contributed by atoms with Crippen molar-refractivity contribution in [2.45, 2.75) is 20.8 Å². The highest BCUT2D eigenvalue weighted by Gasteiger charge is 2.15. The molecule has 0 fully saturated rings. The van der Waals surface area contributed by atoms with Crippen LogP contribution in [0.1, 0.15) is 29.8 Å². The smallest absolute Gasteiger partial charge is 0.338 e. The van der Waals surface area contributed by atoms with E-state index in [1.807, 2.05) is 45.0 Å². The number of carbonyl (C=O) groups excluding carboxylic acids is 1. The van der Waals surface area contributed by atoms with Gasteiger partial charge in [-0.15, -0.1) is 0 Å². The highest BCUT2D eigenvalue weighted by atomic mass is 16.6. The number of esters is 1. The Morgan fingerprint density at radius 2 is 1.64 bits per heavy atom. The molecule has 116 valence electrons. The van der Waals surface area contributed by atoms with Gasteiger partial charge in [0, 0.05) is 12.1 Å². The van der Waals surface area contributed by atoms with Gasteiger partial charge in [-0.1, -0.05) is 43.7 Å². The third-order valence-corrected chi connectivity index (χ3v) is 2.93. The van der Waals surface area contributed by atoms with Gasteiger partial charge >= 0.3 is 5.97 Å². The van der Waals surface area contributed by atoms with Gasteiger partial charge in [0.05, 0.1) is 17.6 Å². The van der Waals surface area contributed by atoms with Gasteiger partial charge in [0.1, 0.15) is 0 Å². The lowest BCUT2D eigenvalue weighted by Crippen LogP contribution is -2.02. The van der Waals surface area contributed by atoms with E-state index in [1.54, 1.807) is 6.07 Å². The number of ether oxygens (including phenoxy) is 1. The first-order valence-corrected chi connectivity index (χ1v) is 6.96. The van der Waals surface area contributed by atoms with Crippen molar-refractivity contribution in [3.05, 3.63) is 63.7 Å². The van der Waals surface area contributed by atoms with Crippen LogP contribution in [0.2, 0.25) is 0 Å². The summed E-state index contributed by atoms with van der Waals surface area (Å²) in [6, 6.07) is 11.8. The Kier molecular flexibility index (Phi) is 6.25. The Labute approximate surface area is 129 Å². The van der Waals surface area contributed by atoms with Crippen molar-refractivity contribution in [2.75, 3.05) is 7.11 Å². The number of rotatable bonds is 3. The maximum Gasteiger partial charge on any atom is 0.338 e. The zero-order valence-corrected chi connectivity index (χ0v) is 13.1. The van der Waals surface area contributed by atoms with E-state index in [0.29, 0.717) is 5.56 Å². The van der Waals surface area contributed by atoms with Crippen LogP contribution in [-0.2, 0) is 4.74 Å². The van der Waals surface area contributed by atoms with E-state index in [2.05, 4.69) is 4.74 Å². The van der Waals surface area contributed by atoms with Crippen LogP contribution in [0.15, 0.2) is 42.5 Å². The highest BCUT2D eigenvalue weighted by molar-refractivity contribution is 5.92. The van der Waals surface area contributed by atoms with Crippen LogP contribution in [0, 0.1) is 17.0 Å². The molecule has 0 unspecified atom stereocenters. The van der Waals surface area contributed by atoms with Gasteiger partial charge in [-0.25, -0.2) is 4.79 Å². The van der Waals surface area contributed by atoms with Crippen LogP contribution in [0.5, 0.6) is 0 Å². The van der Waals surface area contributed by atoms with Crippen molar-refractivity contribution in [1.29, 1.82) is 0 Å². The van der Waals surface area contributed by atoms with Crippen LogP contribution in [0.25, 0.3) is 11.1 Å². The van der Waals surface area contributed by atoms with Crippen LogP contribution in [0.4, 0.5) is 5.69 Å². The van der Waals surface area contributed by atoms with E-state index in [9.17, 15) is 14.9 Å². The van der Waals surface area contributed by atoms with E-state index in [4.69, 9.17) is 0 Å². The summed E-state index contributed by atoms with van der Waals surface area (Å²) in [5, 5.41) is 11.0. The fourth-order valence-electron chi connectivity index (χ4n) is 1.86. The lowest BCUT2D eigenvalue weighted by molar-refractivity contribution is -0.384. The molecule has 5 heteroatoms. The van der Waals surface area contributed by atoms with Gasteiger partial charge in [0.2, 0.25) is 0 Å². The minimum Gasteiger partial charge on any atom is -0.465 e. The number of methoxy groups -OCH3 is 1. The van der Waals surface area contributed by atoms with Crippen LogP contribution in [0.3, 0.4) is 0 Å². The van der Waals surface area contributed by atoms with Crippen LogP contribution in [-0.4, -0.2) is 18.0 Å². The van der Waals surface area contributed by atoms with E-state index < -0.39 is 10.9 Å². The highest BCUT2D eigenvalue weighted by Crippen LogP contribution is 2.26. The number of carbonyl (C=O) groups is 1. The Hall–Kier alpha value is -2.69. The molecule has 0 heterocycles. The SMILES string of the molecule is CC.COC(=O)c1cc(-c2ccc(C)cc2)cc([N+](=O)[O-])c1. The first kappa shape index (κ1) is 17.4. The summed E-state index contributed by atoms with van der Waals surface area (Å²) in [6.07, 6.45) is 0. The Bertz CT molecular complexity index is 663. The fourth-order valence-corrected chi connectivity index (χ4v) is 1.86. The second kappa shape index (κ2) is 7.93. The Balaban J connectivity index is 0.00000116. The number of nitro benzene ring substituents is 1. The summed E-state index contributed by atoms with van der Waals surface area (Å²) in [5.41, 5.74) is 2.54. The standard InChI is InChI=1S/C15H13NO4.C2H6/c1-10-3-5-11(6-4-10)12-7-13(15(17)20-2)9-14(8-12)16(18)19;1-2/h3-9H,1-2H3;1-2H3. The molecule has 0 aliphatic rings. The molecule has 0 N–H and O–H groups in total. The zero-order valence-electron chi connectivity index (χ0n) is 13.1. The van der Waals surface area contributed by atoms with Gasteiger partial charge in [0.25, 0.3) is 5.69 Å². The molecule has 0 saturated heterocycles. The van der Waals surface area contributed by atoms with E-state index in [-0.39, 0.29) is 11.3 Å². The molecule has 0 radical (unpaired) electrons. The van der Waals surface area contributed by atoms with Crippen LogP contribution >= 0.6 is 0 Å². The number of hydrogen-bond donors (Lipinski definition) is 0. The number of hydrogen-bond acceptors (Lipinski definition) is 4. The van der Waals surface area contributed by atoms with Gasteiger partial charge in [-0.2, -0.15) is 0 Å². The van der Waals surface area contributed by atoms with Crippen molar-refractivity contribution in [2.24, 2.45) is 0 Å². The fraction of sp³-hybridized carbons (Fsp3) is 0.235. The van der Waals surface area contributed by atoms with Crippen molar-refractivity contribution in [3.8, 4) is 11.1 Å². The largest absolute Gasteiger partial charge is 0.465 e. The van der Waals surface area contributed by atoms with Crippen molar-refractivity contribution in [3.63, 3.8) is 0 Å². The van der Waals surface area contributed by atoms with E-state index in [0.717, 1.165) is 11.1 Å². The number of benzene rings is 2. The number of nitrogens with zero attached hydrogens (tertiary/aromatic N) is 1. The number of aryl methyl sites for hydroxylation is 1. The summed E-state index contributed by atoms with van der Waals surface area (Å²) in [7, 11) is 1.24. The Morgan fingerprint density at radius 3 is 2.14 bits per heavy atom. The summed E-state index contributed by atoms with van der Waals surface area (Å²) in [4.78, 5) is 22.0. The minimum absolute atomic E-state index is 0.136. The summed E-state index contributed by atoms with van der Waals surface area (Å²) in [5.74, 6) is -0.595. The molecule has 0 aromatic heterocycles. The summed E-state index contributed by atoms with van der Waals surface area (Å²) in [6.45, 7) is 5.96. The zero-order chi connectivity index (χ0) is 16.7. The van der Waals surface area contributed by atoms with Crippen LogP contribution < -0.4 is 0 Å². The molecule has 2 aromatic carbocycles. The van der Waals surface area contributed by atoms with E-state index >= 15 is 0 Å². The molecule has 0 saturated carbocycles. The first-order valence-electron chi connectivity index (χ1n) is 6.96. The van der Waals surface area contributed by atoms with Crippen molar-refractivity contribution < 1.29 is 14.5 Å². The average Bonchev–Trinajstić information content (AvgIpc) is 2.56. The van der Waals surface area contributed by atoms with Crippen molar-refractivity contribution >= 4 is 11.7 Å². The van der Waals surface area contributed by atoms with Gasteiger partial charge in [-0.3, -0.25) is 10.1 Å². The second-order valence-electron chi connectivity index (χ2n) is 4.38. The lowest BCUT2D eigenvalue weighted by Gasteiger charge is -2.05. The minimum atomic E-state index is -0.595. The van der Waals surface area contributed by atoms with Gasteiger partial charge in [0.15, 0.2) is 0 Å². The number of non-ortho nitro benzene ring substituents is 1. The van der Waals surface area contributed by atoms with Gasteiger partial charge in [-0.05, 0) is 24.1 Å². The van der Waals surface area contributed by atoms with Gasteiger partial charge < -0.3 is 4.74 Å². The monoisotopic (exact) mass is 301 g/mol. The number of nitro groups is 1. The average molecular weight is 301 g/mol.